The molecule has 0 aliphatic heterocycles. The molecule has 104 valence electrons. The molecule has 0 bridgehead atoms. The SMILES string of the molecule is O=[N+]([O-])c1ccc(Cl)cc1NCc1cccc(F)c1F. The molecule has 7 heteroatoms. The van der Waals surface area contributed by atoms with Gasteiger partial charge in [-0.25, -0.2) is 8.78 Å². The van der Waals surface area contributed by atoms with Crippen molar-refractivity contribution in [1.29, 1.82) is 0 Å². The lowest BCUT2D eigenvalue weighted by Crippen LogP contribution is -2.05. The number of hydrogen-bond acceptors (Lipinski definition) is 3. The molecule has 2 aromatic rings. The zero-order valence-corrected chi connectivity index (χ0v) is 10.8. The smallest absolute Gasteiger partial charge is 0.292 e. The fourth-order valence-electron chi connectivity index (χ4n) is 1.68. The van der Waals surface area contributed by atoms with Crippen LogP contribution in [0, 0.1) is 21.7 Å². The van der Waals surface area contributed by atoms with Gasteiger partial charge in [0.1, 0.15) is 5.69 Å². The predicted octanol–water partition coefficient (Wildman–Crippen LogP) is 4.14. The molecule has 0 atom stereocenters. The third kappa shape index (κ3) is 3.03. The molecular weight excluding hydrogens is 290 g/mol. The molecule has 0 spiro atoms. The second kappa shape index (κ2) is 5.83. The van der Waals surface area contributed by atoms with Gasteiger partial charge < -0.3 is 5.32 Å². The van der Waals surface area contributed by atoms with Gasteiger partial charge in [0.15, 0.2) is 11.6 Å². The highest BCUT2D eigenvalue weighted by molar-refractivity contribution is 6.31. The number of anilines is 1. The number of nitro benzene ring substituents is 1. The molecule has 0 fully saturated rings. The first kappa shape index (κ1) is 14.2. The molecule has 0 aliphatic rings. The van der Waals surface area contributed by atoms with Crippen molar-refractivity contribution in [2.45, 2.75) is 6.54 Å². The Bertz CT molecular complexity index is 665. The van der Waals surface area contributed by atoms with Crippen molar-refractivity contribution in [2.75, 3.05) is 5.32 Å². The Kier molecular flexibility index (Phi) is 4.14. The van der Waals surface area contributed by atoms with Gasteiger partial charge in [-0.15, -0.1) is 0 Å². The summed E-state index contributed by atoms with van der Waals surface area (Å²) >= 11 is 5.76. The Balaban J connectivity index is 2.24. The Morgan fingerprint density at radius 2 is 2.00 bits per heavy atom. The van der Waals surface area contributed by atoms with E-state index in [4.69, 9.17) is 11.6 Å². The number of benzene rings is 2. The maximum Gasteiger partial charge on any atom is 0.292 e. The molecule has 0 saturated heterocycles. The van der Waals surface area contributed by atoms with Gasteiger partial charge in [-0.2, -0.15) is 0 Å². The normalized spacial score (nSPS) is 10.3. The van der Waals surface area contributed by atoms with E-state index in [0.717, 1.165) is 6.07 Å². The van der Waals surface area contributed by atoms with Crippen molar-refractivity contribution in [3.05, 3.63) is 68.7 Å². The van der Waals surface area contributed by atoms with E-state index in [9.17, 15) is 18.9 Å². The summed E-state index contributed by atoms with van der Waals surface area (Å²) in [5, 5.41) is 13.8. The largest absolute Gasteiger partial charge is 0.375 e. The van der Waals surface area contributed by atoms with Crippen LogP contribution in [0.3, 0.4) is 0 Å². The summed E-state index contributed by atoms with van der Waals surface area (Å²) in [5.41, 5.74) is 0.0247. The van der Waals surface area contributed by atoms with Crippen LogP contribution in [0.1, 0.15) is 5.56 Å². The van der Waals surface area contributed by atoms with E-state index in [0.29, 0.717) is 5.02 Å². The summed E-state index contributed by atoms with van der Waals surface area (Å²) in [6, 6.07) is 7.74. The zero-order valence-electron chi connectivity index (χ0n) is 10.1. The molecule has 0 aromatic heterocycles. The molecule has 0 aliphatic carbocycles. The van der Waals surface area contributed by atoms with Crippen molar-refractivity contribution in [3.8, 4) is 0 Å². The summed E-state index contributed by atoms with van der Waals surface area (Å²) < 4.78 is 26.5. The molecular formula is C13H9ClF2N2O2. The van der Waals surface area contributed by atoms with Crippen molar-refractivity contribution < 1.29 is 13.7 Å². The van der Waals surface area contributed by atoms with E-state index in [-0.39, 0.29) is 23.5 Å². The van der Waals surface area contributed by atoms with Gasteiger partial charge in [-0.3, -0.25) is 10.1 Å². The number of nitrogens with zero attached hydrogens (tertiary/aromatic N) is 1. The Morgan fingerprint density at radius 1 is 1.25 bits per heavy atom. The Morgan fingerprint density at radius 3 is 2.70 bits per heavy atom. The standard InChI is InChI=1S/C13H9ClF2N2O2/c14-9-4-5-12(18(19)20)11(6-9)17-7-8-2-1-3-10(15)13(8)16/h1-6,17H,7H2. The van der Waals surface area contributed by atoms with Crippen LogP contribution in [0.2, 0.25) is 5.02 Å². The number of hydrogen-bond donors (Lipinski definition) is 1. The molecule has 0 radical (unpaired) electrons. The molecule has 0 amide bonds. The third-order valence-electron chi connectivity index (χ3n) is 2.66. The summed E-state index contributed by atoms with van der Waals surface area (Å²) in [6.07, 6.45) is 0. The van der Waals surface area contributed by atoms with Crippen LogP contribution < -0.4 is 5.32 Å². The molecule has 2 rings (SSSR count). The number of rotatable bonds is 4. The van der Waals surface area contributed by atoms with Crippen LogP contribution in [0.4, 0.5) is 20.2 Å². The van der Waals surface area contributed by atoms with Crippen molar-refractivity contribution in [1.82, 2.24) is 0 Å². The van der Waals surface area contributed by atoms with Crippen LogP contribution in [0.5, 0.6) is 0 Å². The van der Waals surface area contributed by atoms with E-state index in [2.05, 4.69) is 5.32 Å². The lowest BCUT2D eigenvalue weighted by Gasteiger charge is -2.08. The van der Waals surface area contributed by atoms with Crippen LogP contribution in [-0.4, -0.2) is 4.92 Å². The summed E-state index contributed by atoms with van der Waals surface area (Å²) in [4.78, 5) is 10.3. The minimum Gasteiger partial charge on any atom is -0.375 e. The fourth-order valence-corrected chi connectivity index (χ4v) is 1.86. The number of nitro groups is 1. The molecule has 0 saturated carbocycles. The number of nitrogens with one attached hydrogen (secondary N) is 1. The van der Waals surface area contributed by atoms with Gasteiger partial charge in [0, 0.05) is 23.2 Å². The van der Waals surface area contributed by atoms with Crippen molar-refractivity contribution in [3.63, 3.8) is 0 Å². The summed E-state index contributed by atoms with van der Waals surface area (Å²) in [5.74, 6) is -1.95. The molecule has 0 heterocycles. The van der Waals surface area contributed by atoms with E-state index in [1.54, 1.807) is 0 Å². The minimum atomic E-state index is -0.982. The summed E-state index contributed by atoms with van der Waals surface area (Å²) in [6.45, 7) is -0.0925. The summed E-state index contributed by atoms with van der Waals surface area (Å²) in [7, 11) is 0. The molecule has 4 nitrogen and oxygen atoms in total. The molecule has 0 unspecified atom stereocenters. The average Bonchev–Trinajstić information content (AvgIpc) is 2.40. The Labute approximate surface area is 118 Å². The second-order valence-electron chi connectivity index (χ2n) is 3.99. The van der Waals surface area contributed by atoms with E-state index in [1.807, 2.05) is 0 Å². The van der Waals surface area contributed by atoms with Gasteiger partial charge in [0.05, 0.1) is 4.92 Å². The van der Waals surface area contributed by atoms with Gasteiger partial charge in [-0.1, -0.05) is 23.7 Å². The van der Waals surface area contributed by atoms with Gasteiger partial charge in [0.2, 0.25) is 0 Å². The van der Waals surface area contributed by atoms with Gasteiger partial charge >= 0.3 is 0 Å². The fraction of sp³-hybridized carbons (Fsp3) is 0.0769. The van der Waals surface area contributed by atoms with Crippen molar-refractivity contribution >= 4 is 23.0 Å². The quantitative estimate of drug-likeness (QED) is 0.682. The highest BCUT2D eigenvalue weighted by Crippen LogP contribution is 2.28. The second-order valence-corrected chi connectivity index (χ2v) is 4.42. The first-order valence-electron chi connectivity index (χ1n) is 5.59. The van der Waals surface area contributed by atoms with Crippen LogP contribution >= 0.6 is 11.6 Å². The third-order valence-corrected chi connectivity index (χ3v) is 2.89. The lowest BCUT2D eigenvalue weighted by atomic mass is 10.2. The minimum absolute atomic E-state index is 0.0688. The highest BCUT2D eigenvalue weighted by Gasteiger charge is 2.14. The lowest BCUT2D eigenvalue weighted by molar-refractivity contribution is -0.384. The topological polar surface area (TPSA) is 55.2 Å². The van der Waals surface area contributed by atoms with Crippen LogP contribution in [0.15, 0.2) is 36.4 Å². The first-order chi connectivity index (χ1) is 9.49. The first-order valence-corrected chi connectivity index (χ1v) is 5.97. The molecule has 2 aromatic carbocycles. The Hall–Kier alpha value is -2.21. The predicted molar refractivity (Wildman–Crippen MR) is 71.8 cm³/mol. The van der Waals surface area contributed by atoms with E-state index < -0.39 is 16.6 Å². The van der Waals surface area contributed by atoms with Gasteiger partial charge in [-0.05, 0) is 18.2 Å². The van der Waals surface area contributed by atoms with Crippen molar-refractivity contribution in [2.24, 2.45) is 0 Å². The van der Waals surface area contributed by atoms with E-state index in [1.165, 1.54) is 30.3 Å². The average molecular weight is 299 g/mol. The monoisotopic (exact) mass is 298 g/mol. The van der Waals surface area contributed by atoms with E-state index >= 15 is 0 Å². The maximum atomic E-state index is 13.5. The molecule has 1 N–H and O–H groups in total. The highest BCUT2D eigenvalue weighted by atomic mass is 35.5. The zero-order chi connectivity index (χ0) is 14.7. The van der Waals surface area contributed by atoms with Crippen LogP contribution in [0.25, 0.3) is 0 Å². The molecule has 20 heavy (non-hydrogen) atoms. The van der Waals surface area contributed by atoms with Gasteiger partial charge in [0.25, 0.3) is 5.69 Å². The maximum absolute atomic E-state index is 13.5. The van der Waals surface area contributed by atoms with Crippen LogP contribution in [-0.2, 0) is 6.54 Å². The number of halogens is 3.